The highest BCUT2D eigenvalue weighted by atomic mass is 35.5. The van der Waals surface area contributed by atoms with Crippen LogP contribution in [-0.4, -0.2) is 94.8 Å². The van der Waals surface area contributed by atoms with Gasteiger partial charge in [0, 0.05) is 37.5 Å². The third-order valence-corrected chi connectivity index (χ3v) is 14.1. The highest BCUT2D eigenvalue weighted by Crippen LogP contribution is 2.39. The maximum absolute atomic E-state index is 13.5. The van der Waals surface area contributed by atoms with Crippen molar-refractivity contribution >= 4 is 68.7 Å². The number of nitrogens with one attached hydrogen (secondary N) is 1. The van der Waals surface area contributed by atoms with Crippen molar-refractivity contribution in [2.24, 2.45) is 0 Å². The van der Waals surface area contributed by atoms with Crippen molar-refractivity contribution in [2.75, 3.05) is 33.0 Å². The molecule has 2 aromatic carbocycles. The van der Waals surface area contributed by atoms with Gasteiger partial charge in [0.15, 0.2) is 17.5 Å². The maximum atomic E-state index is 13.5. The second kappa shape index (κ2) is 18.8. The first kappa shape index (κ1) is 46.7. The van der Waals surface area contributed by atoms with Crippen LogP contribution in [0.25, 0.3) is 22.1 Å². The lowest BCUT2D eigenvalue weighted by Gasteiger charge is -2.38. The molecule has 0 saturated carbocycles. The zero-order valence-corrected chi connectivity index (χ0v) is 38.8. The van der Waals surface area contributed by atoms with Crippen molar-refractivity contribution < 1.29 is 33.3 Å². The molecule has 65 heavy (non-hydrogen) atoms. The molecule has 18 heteroatoms. The van der Waals surface area contributed by atoms with Gasteiger partial charge >= 0.3 is 0 Å². The Kier molecular flexibility index (Phi) is 13.6. The minimum atomic E-state index is -1.55. The number of rotatable bonds is 9. The summed E-state index contributed by atoms with van der Waals surface area (Å²) >= 11 is 19.0. The summed E-state index contributed by atoms with van der Waals surface area (Å²) in [6, 6.07) is 10.5. The van der Waals surface area contributed by atoms with Crippen molar-refractivity contribution in [3.05, 3.63) is 115 Å². The Morgan fingerprint density at radius 2 is 1.37 bits per heavy atom. The summed E-state index contributed by atoms with van der Waals surface area (Å²) in [5, 5.41) is 34.6. The SMILES string of the molecule is C[C@H]1c2cccc([C@](C)(O)CF)c2CCN1C(=O)Cc1c(Cl)cnc2c1cnn2C1CCCCO1.C[C@H]1c2cccc([C@](C)(O)CF)c2CCN1C(=O)Cc1c(Cl)cnc2n[nH]c(Cl)c12. The molecule has 1 saturated heterocycles. The number of hydrogen-bond acceptors (Lipinski definition) is 9. The van der Waals surface area contributed by atoms with E-state index in [-0.39, 0.29) is 48.1 Å². The Hall–Kier alpha value is -4.77. The molecule has 9 rings (SSSR count). The molecule has 0 spiro atoms. The van der Waals surface area contributed by atoms with Crippen LogP contribution < -0.4 is 0 Å². The summed E-state index contributed by atoms with van der Waals surface area (Å²) < 4.78 is 34.6. The molecule has 1 unspecified atom stereocenters. The van der Waals surface area contributed by atoms with Gasteiger partial charge in [0.2, 0.25) is 11.8 Å². The molecular weight excluding hydrogens is 901 g/mol. The number of aromatic nitrogens is 6. The van der Waals surface area contributed by atoms with Gasteiger partial charge < -0.3 is 24.7 Å². The van der Waals surface area contributed by atoms with E-state index in [0.717, 1.165) is 46.9 Å². The monoisotopic (exact) mass is 950 g/mol. The van der Waals surface area contributed by atoms with Crippen molar-refractivity contribution in [1.82, 2.24) is 39.7 Å². The summed E-state index contributed by atoms with van der Waals surface area (Å²) in [6.45, 7) is 6.74. The Morgan fingerprint density at radius 1 is 0.815 bits per heavy atom. The van der Waals surface area contributed by atoms with Gasteiger partial charge in [0.25, 0.3) is 0 Å². The first-order chi connectivity index (χ1) is 31.1. The molecule has 4 aromatic heterocycles. The van der Waals surface area contributed by atoms with E-state index >= 15 is 0 Å². The highest BCUT2D eigenvalue weighted by Gasteiger charge is 2.36. The minimum Gasteiger partial charge on any atom is -0.383 e. The van der Waals surface area contributed by atoms with Crippen molar-refractivity contribution in [3.63, 3.8) is 0 Å². The zero-order chi connectivity index (χ0) is 46.4. The second-order valence-electron chi connectivity index (χ2n) is 17.5. The summed E-state index contributed by atoms with van der Waals surface area (Å²) in [4.78, 5) is 39.0. The van der Waals surface area contributed by atoms with Gasteiger partial charge in [-0.1, -0.05) is 71.2 Å². The van der Waals surface area contributed by atoms with Crippen LogP contribution >= 0.6 is 34.8 Å². The van der Waals surface area contributed by atoms with Gasteiger partial charge in [-0.2, -0.15) is 10.2 Å². The van der Waals surface area contributed by atoms with Gasteiger partial charge in [0.1, 0.15) is 29.7 Å². The van der Waals surface area contributed by atoms with Crippen LogP contribution in [0.4, 0.5) is 8.78 Å². The lowest BCUT2D eigenvalue weighted by molar-refractivity contribution is -0.133. The number of benzene rings is 2. The van der Waals surface area contributed by atoms with Crippen molar-refractivity contribution in [1.29, 1.82) is 0 Å². The fraction of sp³-hybridized carbons (Fsp3) is 0.447. The fourth-order valence-electron chi connectivity index (χ4n) is 9.57. The summed E-state index contributed by atoms with van der Waals surface area (Å²) in [6.07, 6.45) is 8.84. The molecular formula is C47H51Cl3F2N8O5. The van der Waals surface area contributed by atoms with Gasteiger partial charge in [-0.25, -0.2) is 23.4 Å². The highest BCUT2D eigenvalue weighted by molar-refractivity contribution is 6.36. The van der Waals surface area contributed by atoms with E-state index in [1.54, 1.807) is 40.2 Å². The first-order valence-electron chi connectivity index (χ1n) is 21.8. The molecule has 0 aliphatic carbocycles. The lowest BCUT2D eigenvalue weighted by Crippen LogP contribution is -2.41. The van der Waals surface area contributed by atoms with Gasteiger partial charge in [-0.15, -0.1) is 0 Å². The van der Waals surface area contributed by atoms with Crippen LogP contribution in [-0.2, 0) is 51.2 Å². The van der Waals surface area contributed by atoms with Crippen LogP contribution in [0, 0.1) is 0 Å². The molecule has 5 atom stereocenters. The van der Waals surface area contributed by atoms with Crippen LogP contribution in [0.1, 0.15) is 110 Å². The molecule has 13 nitrogen and oxygen atoms in total. The van der Waals surface area contributed by atoms with Crippen LogP contribution in [0.2, 0.25) is 15.2 Å². The molecule has 3 N–H and O–H groups in total. The summed E-state index contributed by atoms with van der Waals surface area (Å²) in [5.74, 6) is -0.163. The summed E-state index contributed by atoms with van der Waals surface area (Å²) in [5.41, 5.74) is 4.09. The third kappa shape index (κ3) is 8.95. The average molecular weight is 952 g/mol. The number of nitrogens with zero attached hydrogens (tertiary/aromatic N) is 7. The van der Waals surface area contributed by atoms with Gasteiger partial charge in [-0.3, -0.25) is 14.7 Å². The largest absolute Gasteiger partial charge is 0.383 e. The molecule has 0 bridgehead atoms. The Labute approximate surface area is 390 Å². The van der Waals surface area contributed by atoms with Gasteiger partial charge in [0.05, 0.1) is 46.6 Å². The number of hydrogen-bond donors (Lipinski definition) is 3. The van der Waals surface area contributed by atoms with Crippen LogP contribution in [0.15, 0.2) is 55.0 Å². The molecule has 3 aliphatic heterocycles. The standard InChI is InChI=1S/C26H30ClFN4O3.C21H21Cl2FN4O2/c1-16-17-6-5-7-21(26(2,34)15-28)18(17)9-10-31(16)23(33)12-19-20-13-30-32(24-8-3-4-11-35-24)25(20)29-14-22(19)27;1-11-12-4-3-5-15(21(2,30)10-24)13(12)6-7-28(11)17(29)8-14-16(22)9-25-20-18(14)19(23)26-27-20/h5-7,13-14,16,24,34H,3-4,8-12,15H2,1-2H3;3-5,9,11,30H,6-8,10H2,1-2H3,(H,25,26,27)/t16-,24?,26+;11-,21+/m00/s1. The Bertz CT molecular complexity index is 2760. The molecule has 3 aliphatic rings. The number of pyridine rings is 2. The number of amides is 2. The zero-order valence-electron chi connectivity index (χ0n) is 36.6. The van der Waals surface area contributed by atoms with E-state index in [1.165, 1.54) is 20.0 Å². The number of fused-ring (bicyclic) bond motifs is 4. The number of carbonyl (C=O) groups excluding carboxylic acids is 2. The fourth-order valence-corrected chi connectivity index (χ4v) is 10.2. The normalized spacial score (nSPS) is 20.4. The lowest BCUT2D eigenvalue weighted by atomic mass is 9.83. The minimum absolute atomic E-state index is 0.0538. The Morgan fingerprint density at radius 3 is 1.92 bits per heavy atom. The van der Waals surface area contributed by atoms with Crippen molar-refractivity contribution in [2.45, 2.75) is 102 Å². The molecule has 344 valence electrons. The van der Waals surface area contributed by atoms with Crippen molar-refractivity contribution in [3.8, 4) is 0 Å². The van der Waals surface area contributed by atoms with E-state index in [9.17, 15) is 28.6 Å². The molecule has 6 aromatic rings. The van der Waals surface area contributed by atoms with Crippen LogP contribution in [0.5, 0.6) is 0 Å². The van der Waals surface area contributed by atoms with E-state index < -0.39 is 24.6 Å². The third-order valence-electron chi connectivity index (χ3n) is 13.1. The van der Waals surface area contributed by atoms with Gasteiger partial charge in [-0.05, 0) is 104 Å². The predicted molar refractivity (Wildman–Crippen MR) is 244 cm³/mol. The molecule has 0 radical (unpaired) electrons. The number of aromatic amines is 1. The quantitative estimate of drug-likeness (QED) is 0.129. The first-order valence-corrected chi connectivity index (χ1v) is 22.9. The number of halogens is 5. The topological polar surface area (TPSA) is 163 Å². The molecule has 2 amide bonds. The average Bonchev–Trinajstić information content (AvgIpc) is 3.92. The van der Waals surface area contributed by atoms with Crippen LogP contribution in [0.3, 0.4) is 0 Å². The number of ether oxygens (including phenoxy) is 1. The van der Waals surface area contributed by atoms with E-state index in [2.05, 4.69) is 25.3 Å². The van der Waals surface area contributed by atoms with E-state index in [0.29, 0.717) is 81.5 Å². The molecule has 1 fully saturated rings. The smallest absolute Gasteiger partial charge is 0.227 e. The van der Waals surface area contributed by atoms with E-state index in [4.69, 9.17) is 39.5 Å². The second-order valence-corrected chi connectivity index (χ2v) is 18.7. The number of alkyl halides is 2. The Balaban J connectivity index is 0.000000179. The number of aliphatic hydroxyl groups is 2. The predicted octanol–water partition coefficient (Wildman–Crippen LogP) is 8.78. The maximum Gasteiger partial charge on any atom is 0.227 e. The number of H-pyrrole nitrogens is 1. The molecule has 7 heterocycles. The summed E-state index contributed by atoms with van der Waals surface area (Å²) in [7, 11) is 0. The van der Waals surface area contributed by atoms with E-state index in [1.807, 2.05) is 36.9 Å². The number of carbonyl (C=O) groups is 2.